The quantitative estimate of drug-likeness (QED) is 0.735. The summed E-state index contributed by atoms with van der Waals surface area (Å²) in [6.07, 6.45) is 0. The van der Waals surface area contributed by atoms with Crippen LogP contribution >= 0.6 is 0 Å². The van der Waals surface area contributed by atoms with Gasteiger partial charge in [0.05, 0.1) is 5.56 Å². The summed E-state index contributed by atoms with van der Waals surface area (Å²) < 4.78 is 0. The summed E-state index contributed by atoms with van der Waals surface area (Å²) >= 11 is 0. The Morgan fingerprint density at radius 2 is 1.42 bits per heavy atom. The van der Waals surface area contributed by atoms with Crippen molar-refractivity contribution >= 4 is 0 Å². The molecule has 19 heavy (non-hydrogen) atoms. The van der Waals surface area contributed by atoms with Crippen molar-refractivity contribution in [3.63, 3.8) is 0 Å². The maximum Gasteiger partial charge on any atom is 0.124 e. The van der Waals surface area contributed by atoms with Gasteiger partial charge in [-0.1, -0.05) is 33.8 Å². The Morgan fingerprint density at radius 1 is 0.947 bits per heavy atom. The summed E-state index contributed by atoms with van der Waals surface area (Å²) in [4.78, 5) is 0. The standard InChI is InChI=1S/C16H27NO2/c1-10(2)13(11(3)4)9-17-12(5)16-14(18)7-6-8-15(16)19/h6-8,10-13,17-19H,9H2,1-5H3. The van der Waals surface area contributed by atoms with Gasteiger partial charge in [0.1, 0.15) is 11.5 Å². The third kappa shape index (κ3) is 4.13. The second-order valence-electron chi connectivity index (χ2n) is 5.99. The van der Waals surface area contributed by atoms with Crippen LogP contribution in [0.25, 0.3) is 0 Å². The predicted octanol–water partition coefficient (Wildman–Crippen LogP) is 3.68. The summed E-state index contributed by atoms with van der Waals surface area (Å²) in [5.41, 5.74) is 0.578. The zero-order valence-corrected chi connectivity index (χ0v) is 12.6. The van der Waals surface area contributed by atoms with Gasteiger partial charge in [-0.25, -0.2) is 0 Å². The highest BCUT2D eigenvalue weighted by molar-refractivity contribution is 5.44. The SMILES string of the molecule is CC(NCC(C(C)C)C(C)C)c1c(O)cccc1O. The van der Waals surface area contributed by atoms with Crippen molar-refractivity contribution in [3.8, 4) is 11.5 Å². The van der Waals surface area contributed by atoms with Gasteiger partial charge in [0.2, 0.25) is 0 Å². The summed E-state index contributed by atoms with van der Waals surface area (Å²) in [5.74, 6) is 2.09. The van der Waals surface area contributed by atoms with E-state index in [2.05, 4.69) is 33.0 Å². The topological polar surface area (TPSA) is 52.5 Å². The van der Waals surface area contributed by atoms with Gasteiger partial charge in [0.15, 0.2) is 0 Å². The first-order chi connectivity index (χ1) is 8.84. The molecule has 3 nitrogen and oxygen atoms in total. The van der Waals surface area contributed by atoms with Crippen LogP contribution in [-0.2, 0) is 0 Å². The number of nitrogens with one attached hydrogen (secondary N) is 1. The number of phenols is 2. The van der Waals surface area contributed by atoms with Crippen LogP contribution in [0.5, 0.6) is 11.5 Å². The van der Waals surface area contributed by atoms with Crippen LogP contribution < -0.4 is 5.32 Å². The lowest BCUT2D eigenvalue weighted by molar-refractivity contribution is 0.266. The molecule has 1 atom stereocenters. The minimum absolute atomic E-state index is 0.0683. The number of rotatable bonds is 6. The number of hydrogen-bond acceptors (Lipinski definition) is 3. The maximum atomic E-state index is 9.85. The largest absolute Gasteiger partial charge is 0.507 e. The van der Waals surface area contributed by atoms with Crippen LogP contribution in [-0.4, -0.2) is 16.8 Å². The Labute approximate surface area is 116 Å². The van der Waals surface area contributed by atoms with Gasteiger partial charge < -0.3 is 15.5 Å². The Kier molecular flexibility index (Phi) is 5.67. The zero-order chi connectivity index (χ0) is 14.6. The maximum absolute atomic E-state index is 9.85. The lowest BCUT2D eigenvalue weighted by atomic mass is 9.85. The van der Waals surface area contributed by atoms with Gasteiger partial charge in [-0.15, -0.1) is 0 Å². The van der Waals surface area contributed by atoms with Crippen molar-refractivity contribution in [3.05, 3.63) is 23.8 Å². The summed E-state index contributed by atoms with van der Waals surface area (Å²) in [7, 11) is 0. The third-order valence-corrected chi connectivity index (χ3v) is 3.87. The Bertz CT molecular complexity index is 373. The molecule has 0 saturated carbocycles. The third-order valence-electron chi connectivity index (χ3n) is 3.87. The lowest BCUT2D eigenvalue weighted by Crippen LogP contribution is -2.31. The molecule has 0 fully saturated rings. The monoisotopic (exact) mass is 265 g/mol. The number of aromatic hydroxyl groups is 2. The Balaban J connectivity index is 2.72. The van der Waals surface area contributed by atoms with Gasteiger partial charge in [-0.3, -0.25) is 0 Å². The molecule has 0 spiro atoms. The minimum Gasteiger partial charge on any atom is -0.507 e. The van der Waals surface area contributed by atoms with Gasteiger partial charge in [-0.05, 0) is 43.4 Å². The van der Waals surface area contributed by atoms with E-state index >= 15 is 0 Å². The van der Waals surface area contributed by atoms with Gasteiger partial charge in [0.25, 0.3) is 0 Å². The lowest BCUT2D eigenvalue weighted by Gasteiger charge is -2.27. The smallest absolute Gasteiger partial charge is 0.124 e. The normalized spacial score (nSPS) is 13.5. The van der Waals surface area contributed by atoms with E-state index in [-0.39, 0.29) is 17.5 Å². The number of phenolic OH excluding ortho intramolecular Hbond substituents is 2. The van der Waals surface area contributed by atoms with Crippen molar-refractivity contribution in [1.29, 1.82) is 0 Å². The second kappa shape index (κ2) is 6.80. The first-order valence-corrected chi connectivity index (χ1v) is 7.08. The average molecular weight is 265 g/mol. The Hall–Kier alpha value is -1.22. The molecule has 0 heterocycles. The van der Waals surface area contributed by atoms with E-state index in [1.54, 1.807) is 18.2 Å². The first kappa shape index (κ1) is 15.8. The molecule has 3 heteroatoms. The van der Waals surface area contributed by atoms with Crippen LogP contribution in [0, 0.1) is 17.8 Å². The first-order valence-electron chi connectivity index (χ1n) is 7.08. The van der Waals surface area contributed by atoms with Crippen LogP contribution in [0.1, 0.15) is 46.2 Å². The van der Waals surface area contributed by atoms with E-state index in [1.165, 1.54) is 0 Å². The molecule has 0 bridgehead atoms. The fourth-order valence-corrected chi connectivity index (χ4v) is 2.64. The molecular formula is C16H27NO2. The van der Waals surface area contributed by atoms with Gasteiger partial charge in [-0.2, -0.15) is 0 Å². The van der Waals surface area contributed by atoms with Crippen LogP contribution in [0.15, 0.2) is 18.2 Å². The van der Waals surface area contributed by atoms with Crippen molar-refractivity contribution in [2.75, 3.05) is 6.54 Å². The Morgan fingerprint density at radius 3 is 1.84 bits per heavy atom. The van der Waals surface area contributed by atoms with Gasteiger partial charge in [0, 0.05) is 6.04 Å². The molecule has 0 radical (unpaired) electrons. The van der Waals surface area contributed by atoms with E-state index in [1.807, 2.05) is 6.92 Å². The van der Waals surface area contributed by atoms with Crippen LogP contribution in [0.4, 0.5) is 0 Å². The molecule has 1 unspecified atom stereocenters. The molecule has 0 aliphatic rings. The van der Waals surface area contributed by atoms with E-state index in [0.29, 0.717) is 23.3 Å². The highest BCUT2D eigenvalue weighted by atomic mass is 16.3. The average Bonchev–Trinajstić information content (AvgIpc) is 2.27. The molecule has 0 aliphatic heterocycles. The fraction of sp³-hybridized carbons (Fsp3) is 0.625. The molecular weight excluding hydrogens is 238 g/mol. The molecule has 1 rings (SSSR count). The van der Waals surface area contributed by atoms with E-state index in [0.717, 1.165) is 6.54 Å². The number of hydrogen-bond donors (Lipinski definition) is 3. The molecule has 0 saturated heterocycles. The highest BCUT2D eigenvalue weighted by Crippen LogP contribution is 2.32. The van der Waals surface area contributed by atoms with E-state index < -0.39 is 0 Å². The van der Waals surface area contributed by atoms with E-state index in [4.69, 9.17) is 0 Å². The van der Waals surface area contributed by atoms with Crippen molar-refractivity contribution in [2.45, 2.75) is 40.7 Å². The number of benzene rings is 1. The molecule has 108 valence electrons. The van der Waals surface area contributed by atoms with Gasteiger partial charge >= 0.3 is 0 Å². The molecule has 1 aromatic carbocycles. The molecule has 3 N–H and O–H groups in total. The second-order valence-corrected chi connectivity index (χ2v) is 5.99. The van der Waals surface area contributed by atoms with Crippen molar-refractivity contribution < 1.29 is 10.2 Å². The molecule has 0 aromatic heterocycles. The van der Waals surface area contributed by atoms with Crippen LogP contribution in [0.3, 0.4) is 0 Å². The van der Waals surface area contributed by atoms with E-state index in [9.17, 15) is 10.2 Å². The molecule has 1 aromatic rings. The highest BCUT2D eigenvalue weighted by Gasteiger charge is 2.20. The fourth-order valence-electron chi connectivity index (χ4n) is 2.64. The summed E-state index contributed by atoms with van der Waals surface area (Å²) in [5, 5.41) is 23.1. The van der Waals surface area contributed by atoms with Crippen LogP contribution in [0.2, 0.25) is 0 Å². The van der Waals surface area contributed by atoms with Crippen molar-refractivity contribution in [2.24, 2.45) is 17.8 Å². The zero-order valence-electron chi connectivity index (χ0n) is 12.6. The van der Waals surface area contributed by atoms with Crippen molar-refractivity contribution in [1.82, 2.24) is 5.32 Å². The predicted molar refractivity (Wildman–Crippen MR) is 79.4 cm³/mol. The summed E-state index contributed by atoms with van der Waals surface area (Å²) in [6, 6.07) is 4.79. The summed E-state index contributed by atoms with van der Waals surface area (Å²) in [6.45, 7) is 11.8. The molecule has 0 aliphatic carbocycles. The minimum atomic E-state index is -0.0683. The molecule has 0 amide bonds.